The highest BCUT2D eigenvalue weighted by Crippen LogP contribution is 2.24. The second kappa shape index (κ2) is 6.07. The van der Waals surface area contributed by atoms with Gasteiger partial charge in [-0.1, -0.05) is 0 Å². The molecule has 2 unspecified atom stereocenters. The highest BCUT2D eigenvalue weighted by atomic mass is 19.4. The number of rotatable bonds is 6. The van der Waals surface area contributed by atoms with Crippen molar-refractivity contribution in [3.05, 3.63) is 24.2 Å². The molecule has 3 nitrogen and oxygen atoms in total. The van der Waals surface area contributed by atoms with Crippen molar-refractivity contribution >= 4 is 0 Å². The summed E-state index contributed by atoms with van der Waals surface area (Å²) in [5.41, 5.74) is 5.69. The van der Waals surface area contributed by atoms with E-state index in [0.29, 0.717) is 5.76 Å². The number of hydrogen-bond acceptors (Lipinski definition) is 3. The maximum absolute atomic E-state index is 11.9. The second-order valence-corrected chi connectivity index (χ2v) is 3.88. The van der Waals surface area contributed by atoms with Gasteiger partial charge in [0.1, 0.15) is 11.9 Å². The van der Waals surface area contributed by atoms with E-state index in [1.54, 1.807) is 19.1 Å². The number of furan rings is 1. The highest BCUT2D eigenvalue weighted by Gasteiger charge is 2.27. The van der Waals surface area contributed by atoms with E-state index >= 15 is 0 Å². The summed E-state index contributed by atoms with van der Waals surface area (Å²) in [6.45, 7) is 1.73. The number of halogens is 3. The van der Waals surface area contributed by atoms with Crippen molar-refractivity contribution < 1.29 is 22.3 Å². The lowest BCUT2D eigenvalue weighted by molar-refractivity contribution is -0.139. The maximum atomic E-state index is 11.9. The molecule has 0 aliphatic rings. The molecule has 0 fully saturated rings. The van der Waals surface area contributed by atoms with E-state index in [9.17, 15) is 13.2 Å². The first kappa shape index (κ1) is 14.1. The van der Waals surface area contributed by atoms with Crippen molar-refractivity contribution in [3.63, 3.8) is 0 Å². The van der Waals surface area contributed by atoms with Crippen LogP contribution in [0.25, 0.3) is 0 Å². The minimum absolute atomic E-state index is 0.00637. The third-order valence-electron chi connectivity index (χ3n) is 2.20. The SMILES string of the molecule is CC(N)C(OCCCC(F)(F)F)c1ccco1. The molecule has 0 amide bonds. The Morgan fingerprint density at radius 3 is 2.65 bits per heavy atom. The molecule has 1 heterocycles. The Labute approximate surface area is 97.7 Å². The minimum Gasteiger partial charge on any atom is -0.467 e. The third-order valence-corrected chi connectivity index (χ3v) is 2.20. The zero-order valence-corrected chi connectivity index (χ0v) is 9.54. The number of hydrogen-bond donors (Lipinski definition) is 1. The Balaban J connectivity index is 2.37. The van der Waals surface area contributed by atoms with Crippen LogP contribution >= 0.6 is 0 Å². The highest BCUT2D eigenvalue weighted by molar-refractivity contribution is 5.04. The number of nitrogens with two attached hydrogens (primary N) is 1. The van der Waals surface area contributed by atoms with E-state index in [-0.39, 0.29) is 19.1 Å². The Kier molecular flexibility index (Phi) is 5.02. The molecule has 0 aromatic carbocycles. The summed E-state index contributed by atoms with van der Waals surface area (Å²) >= 11 is 0. The van der Waals surface area contributed by atoms with Gasteiger partial charge in [-0.15, -0.1) is 0 Å². The average molecular weight is 251 g/mol. The summed E-state index contributed by atoms with van der Waals surface area (Å²) < 4.78 is 46.2. The van der Waals surface area contributed by atoms with Crippen LogP contribution in [0.4, 0.5) is 13.2 Å². The van der Waals surface area contributed by atoms with Crippen LogP contribution in [-0.4, -0.2) is 18.8 Å². The molecule has 0 radical (unpaired) electrons. The van der Waals surface area contributed by atoms with Gasteiger partial charge in [0.25, 0.3) is 0 Å². The fourth-order valence-corrected chi connectivity index (χ4v) is 1.43. The van der Waals surface area contributed by atoms with Gasteiger partial charge in [-0.3, -0.25) is 0 Å². The first-order chi connectivity index (χ1) is 7.90. The van der Waals surface area contributed by atoms with Gasteiger partial charge in [-0.25, -0.2) is 0 Å². The molecule has 2 N–H and O–H groups in total. The van der Waals surface area contributed by atoms with Crippen molar-refractivity contribution in [2.45, 2.75) is 38.1 Å². The third kappa shape index (κ3) is 5.23. The van der Waals surface area contributed by atoms with Gasteiger partial charge >= 0.3 is 6.18 Å². The van der Waals surface area contributed by atoms with Gasteiger partial charge in [0.2, 0.25) is 0 Å². The van der Waals surface area contributed by atoms with E-state index in [1.165, 1.54) is 6.26 Å². The molecule has 6 heteroatoms. The molecular weight excluding hydrogens is 235 g/mol. The topological polar surface area (TPSA) is 48.4 Å². The smallest absolute Gasteiger partial charge is 0.389 e. The van der Waals surface area contributed by atoms with Gasteiger partial charge in [0.15, 0.2) is 0 Å². The maximum Gasteiger partial charge on any atom is 0.389 e. The molecule has 17 heavy (non-hydrogen) atoms. The van der Waals surface area contributed by atoms with Gasteiger partial charge in [-0.05, 0) is 25.5 Å². The van der Waals surface area contributed by atoms with Gasteiger partial charge in [0, 0.05) is 19.1 Å². The van der Waals surface area contributed by atoms with Crippen LogP contribution in [0.1, 0.15) is 31.6 Å². The summed E-state index contributed by atoms with van der Waals surface area (Å²) in [5, 5.41) is 0. The van der Waals surface area contributed by atoms with Crippen molar-refractivity contribution in [3.8, 4) is 0 Å². The molecule has 0 spiro atoms. The minimum atomic E-state index is -4.14. The summed E-state index contributed by atoms with van der Waals surface area (Å²) in [6.07, 6.45) is -4.09. The molecule has 0 aliphatic carbocycles. The zero-order valence-electron chi connectivity index (χ0n) is 9.54. The largest absolute Gasteiger partial charge is 0.467 e. The molecule has 0 saturated carbocycles. The summed E-state index contributed by atoms with van der Waals surface area (Å²) in [6, 6.07) is 3.04. The zero-order chi connectivity index (χ0) is 12.9. The van der Waals surface area contributed by atoms with Crippen molar-refractivity contribution in [1.82, 2.24) is 0 Å². The molecule has 1 rings (SSSR count). The van der Waals surface area contributed by atoms with Crippen LogP contribution in [0, 0.1) is 0 Å². The van der Waals surface area contributed by atoms with Crippen LogP contribution < -0.4 is 5.73 Å². The van der Waals surface area contributed by atoms with E-state index in [1.807, 2.05) is 0 Å². The van der Waals surface area contributed by atoms with Crippen molar-refractivity contribution in [2.24, 2.45) is 5.73 Å². The molecular formula is C11H16F3NO2. The van der Waals surface area contributed by atoms with Crippen LogP contribution in [-0.2, 0) is 4.74 Å². The molecule has 2 atom stereocenters. The molecule has 0 bridgehead atoms. The van der Waals surface area contributed by atoms with Crippen LogP contribution in [0.3, 0.4) is 0 Å². The molecule has 1 aromatic heterocycles. The molecule has 0 saturated heterocycles. The molecule has 98 valence electrons. The lowest BCUT2D eigenvalue weighted by Gasteiger charge is -2.19. The van der Waals surface area contributed by atoms with E-state index in [2.05, 4.69) is 0 Å². The normalized spacial score (nSPS) is 15.8. The quantitative estimate of drug-likeness (QED) is 0.790. The fraction of sp³-hybridized carbons (Fsp3) is 0.636. The van der Waals surface area contributed by atoms with Crippen LogP contribution in [0.2, 0.25) is 0 Å². The monoisotopic (exact) mass is 251 g/mol. The van der Waals surface area contributed by atoms with E-state index < -0.39 is 18.7 Å². The van der Waals surface area contributed by atoms with Gasteiger partial charge in [-0.2, -0.15) is 13.2 Å². The van der Waals surface area contributed by atoms with Crippen molar-refractivity contribution in [2.75, 3.05) is 6.61 Å². The summed E-state index contributed by atoms with van der Waals surface area (Å²) in [5.74, 6) is 0.534. The van der Waals surface area contributed by atoms with E-state index in [4.69, 9.17) is 14.9 Å². The van der Waals surface area contributed by atoms with Gasteiger partial charge in [0.05, 0.1) is 6.26 Å². The Hall–Kier alpha value is -1.01. The van der Waals surface area contributed by atoms with Gasteiger partial charge < -0.3 is 14.9 Å². The summed E-state index contributed by atoms with van der Waals surface area (Å²) in [4.78, 5) is 0. The Morgan fingerprint density at radius 1 is 1.47 bits per heavy atom. The van der Waals surface area contributed by atoms with E-state index in [0.717, 1.165) is 0 Å². The summed E-state index contributed by atoms with van der Waals surface area (Å²) in [7, 11) is 0. The molecule has 0 aliphatic heterocycles. The number of alkyl halides is 3. The fourth-order valence-electron chi connectivity index (χ4n) is 1.43. The predicted molar refractivity (Wildman–Crippen MR) is 56.3 cm³/mol. The predicted octanol–water partition coefficient (Wildman–Crippen LogP) is 3.03. The average Bonchev–Trinajstić information content (AvgIpc) is 2.68. The van der Waals surface area contributed by atoms with Crippen LogP contribution in [0.5, 0.6) is 0 Å². The van der Waals surface area contributed by atoms with Crippen LogP contribution in [0.15, 0.2) is 22.8 Å². The number of ether oxygens (including phenoxy) is 1. The lowest BCUT2D eigenvalue weighted by atomic mass is 10.1. The lowest BCUT2D eigenvalue weighted by Crippen LogP contribution is -2.27. The Morgan fingerprint density at radius 2 is 2.18 bits per heavy atom. The first-order valence-electron chi connectivity index (χ1n) is 5.37. The Bertz CT molecular complexity index is 309. The standard InChI is InChI=1S/C11H16F3NO2/c1-8(15)10(9-4-2-6-16-9)17-7-3-5-11(12,13)14/h2,4,6,8,10H,3,5,7,15H2,1H3. The second-order valence-electron chi connectivity index (χ2n) is 3.88. The molecule has 1 aromatic rings. The van der Waals surface area contributed by atoms with Crippen molar-refractivity contribution in [1.29, 1.82) is 0 Å². The first-order valence-corrected chi connectivity index (χ1v) is 5.37.